The van der Waals surface area contributed by atoms with Gasteiger partial charge >= 0.3 is 0 Å². The van der Waals surface area contributed by atoms with Crippen molar-refractivity contribution in [2.24, 2.45) is 0 Å². The topological polar surface area (TPSA) is 73.9 Å². The predicted octanol–water partition coefficient (Wildman–Crippen LogP) is 1.85. The van der Waals surface area contributed by atoms with Crippen LogP contribution in [0.15, 0.2) is 30.6 Å². The molecule has 2 N–H and O–H groups in total. The molecule has 0 saturated heterocycles. The van der Waals surface area contributed by atoms with Crippen molar-refractivity contribution in [1.29, 1.82) is 0 Å². The lowest BCUT2D eigenvalue weighted by Crippen LogP contribution is -2.34. The molecule has 0 bridgehead atoms. The van der Waals surface area contributed by atoms with E-state index in [0.29, 0.717) is 19.6 Å². The quantitative estimate of drug-likeness (QED) is 0.853. The first-order valence-electron chi connectivity index (χ1n) is 7.73. The Labute approximate surface area is 137 Å². The lowest BCUT2D eigenvalue weighted by atomic mass is 9.92. The van der Waals surface area contributed by atoms with E-state index < -0.39 is 0 Å². The summed E-state index contributed by atoms with van der Waals surface area (Å²) in [7, 11) is 1.92. The normalized spacial score (nSPS) is 11.7. The van der Waals surface area contributed by atoms with Crippen LogP contribution in [-0.2, 0) is 23.3 Å². The number of nitrogens with zero attached hydrogens (tertiary/aromatic N) is 3. The van der Waals surface area contributed by atoms with Gasteiger partial charge in [-0.1, -0.05) is 26.8 Å². The van der Waals surface area contributed by atoms with Gasteiger partial charge in [-0.3, -0.25) is 19.8 Å². The number of hydrogen-bond donors (Lipinski definition) is 2. The number of hydrogen-bond acceptors (Lipinski definition) is 4. The van der Waals surface area contributed by atoms with Crippen molar-refractivity contribution >= 4 is 5.91 Å². The molecule has 124 valence electrons. The first-order chi connectivity index (χ1) is 10.8. The van der Waals surface area contributed by atoms with Crippen molar-refractivity contribution in [3.63, 3.8) is 0 Å². The minimum absolute atomic E-state index is 0.00267. The van der Waals surface area contributed by atoms with Crippen LogP contribution >= 0.6 is 0 Å². The number of carbonyl (C=O) groups is 1. The van der Waals surface area contributed by atoms with Gasteiger partial charge in [0.05, 0.1) is 24.5 Å². The van der Waals surface area contributed by atoms with Crippen molar-refractivity contribution in [2.75, 3.05) is 13.6 Å². The number of amides is 1. The van der Waals surface area contributed by atoms with Crippen LogP contribution in [0, 0.1) is 0 Å². The molecule has 23 heavy (non-hydrogen) atoms. The molecule has 6 heteroatoms. The smallest absolute Gasteiger partial charge is 0.234 e. The monoisotopic (exact) mass is 315 g/mol. The van der Waals surface area contributed by atoms with Crippen molar-refractivity contribution in [2.45, 2.75) is 39.3 Å². The van der Waals surface area contributed by atoms with Crippen molar-refractivity contribution < 1.29 is 4.79 Å². The van der Waals surface area contributed by atoms with Crippen LogP contribution in [0.2, 0.25) is 0 Å². The van der Waals surface area contributed by atoms with Gasteiger partial charge in [-0.05, 0) is 24.7 Å². The Bertz CT molecular complexity index is 630. The molecular formula is C17H25N5O. The summed E-state index contributed by atoms with van der Waals surface area (Å²) >= 11 is 0. The van der Waals surface area contributed by atoms with Crippen molar-refractivity contribution in [1.82, 2.24) is 25.4 Å². The van der Waals surface area contributed by atoms with Crippen LogP contribution in [-0.4, -0.2) is 39.6 Å². The lowest BCUT2D eigenvalue weighted by molar-refractivity contribution is -0.122. The zero-order chi connectivity index (χ0) is 16.9. The second-order valence-corrected chi connectivity index (χ2v) is 6.84. The molecule has 0 saturated carbocycles. The molecule has 0 aromatic carbocycles. The molecule has 2 rings (SSSR count). The average molecular weight is 315 g/mol. The number of H-pyrrole nitrogens is 1. The molecule has 1 amide bonds. The molecule has 0 atom stereocenters. The fourth-order valence-electron chi connectivity index (χ4n) is 2.19. The summed E-state index contributed by atoms with van der Waals surface area (Å²) in [6.45, 7) is 7.83. The minimum atomic E-state index is -0.0108. The van der Waals surface area contributed by atoms with Crippen LogP contribution in [0.5, 0.6) is 0 Å². The molecule has 0 unspecified atom stereocenters. The summed E-state index contributed by atoms with van der Waals surface area (Å²) in [5, 5.41) is 10.2. The summed E-state index contributed by atoms with van der Waals surface area (Å²) in [5.41, 5.74) is 3.00. The Morgan fingerprint density at radius 3 is 2.78 bits per heavy atom. The summed E-state index contributed by atoms with van der Waals surface area (Å²) in [5.74, 6) is -0.0108. The summed E-state index contributed by atoms with van der Waals surface area (Å²) in [6.07, 6.45) is 3.56. The number of rotatable bonds is 6. The third-order valence-corrected chi connectivity index (χ3v) is 3.46. The Hall–Kier alpha value is -2.21. The van der Waals surface area contributed by atoms with E-state index in [1.165, 1.54) is 0 Å². The highest BCUT2D eigenvalue weighted by atomic mass is 16.2. The standard InChI is InChI=1S/C17H25N5O/c1-17(2,3)15-8-14(20-21-15)10-19-16(23)12-22(4)11-13-6-5-7-18-9-13/h5-9H,10-12H2,1-4H3,(H,19,23)(H,20,21). The van der Waals surface area contributed by atoms with Gasteiger partial charge in [-0.25, -0.2) is 0 Å². The van der Waals surface area contributed by atoms with Gasteiger partial charge in [0.2, 0.25) is 5.91 Å². The van der Waals surface area contributed by atoms with Gasteiger partial charge in [0.25, 0.3) is 0 Å². The molecule has 0 spiro atoms. The Morgan fingerprint density at radius 2 is 2.17 bits per heavy atom. The number of nitrogens with one attached hydrogen (secondary N) is 2. The maximum atomic E-state index is 12.0. The minimum Gasteiger partial charge on any atom is -0.349 e. The molecular weight excluding hydrogens is 290 g/mol. The summed E-state index contributed by atoms with van der Waals surface area (Å²) < 4.78 is 0. The van der Waals surface area contributed by atoms with E-state index in [-0.39, 0.29) is 11.3 Å². The molecule has 2 aromatic rings. The van der Waals surface area contributed by atoms with Crippen molar-refractivity contribution in [3.8, 4) is 0 Å². The largest absolute Gasteiger partial charge is 0.349 e. The van der Waals surface area contributed by atoms with Gasteiger partial charge in [0.15, 0.2) is 0 Å². The molecule has 6 nitrogen and oxygen atoms in total. The maximum Gasteiger partial charge on any atom is 0.234 e. The highest BCUT2D eigenvalue weighted by Gasteiger charge is 2.17. The number of likely N-dealkylation sites (N-methyl/N-ethyl adjacent to an activating group) is 1. The van der Waals surface area contributed by atoms with E-state index in [1.807, 2.05) is 36.3 Å². The fraction of sp³-hybridized carbons (Fsp3) is 0.471. The molecule has 0 radical (unpaired) electrons. The van der Waals surface area contributed by atoms with Gasteiger partial charge < -0.3 is 5.32 Å². The number of pyridine rings is 1. The van der Waals surface area contributed by atoms with Gasteiger partial charge in [-0.2, -0.15) is 5.10 Å². The molecule has 2 aromatic heterocycles. The Balaban J connectivity index is 1.77. The molecule has 0 fully saturated rings. The van der Waals surface area contributed by atoms with Crippen LogP contribution in [0.1, 0.15) is 37.7 Å². The average Bonchev–Trinajstić information content (AvgIpc) is 2.95. The molecule has 2 heterocycles. The first-order valence-corrected chi connectivity index (χ1v) is 7.73. The van der Waals surface area contributed by atoms with E-state index in [9.17, 15) is 4.79 Å². The molecule has 0 aliphatic heterocycles. The second-order valence-electron chi connectivity index (χ2n) is 6.84. The molecule has 0 aliphatic rings. The zero-order valence-corrected chi connectivity index (χ0v) is 14.3. The van der Waals surface area contributed by atoms with Gasteiger partial charge in [0, 0.05) is 24.4 Å². The van der Waals surface area contributed by atoms with E-state index in [1.54, 1.807) is 6.20 Å². The van der Waals surface area contributed by atoms with Crippen LogP contribution in [0.4, 0.5) is 0 Å². The molecule has 0 aliphatic carbocycles. The zero-order valence-electron chi connectivity index (χ0n) is 14.3. The number of aromatic nitrogens is 3. The number of carbonyl (C=O) groups excluding carboxylic acids is 1. The van der Waals surface area contributed by atoms with E-state index in [2.05, 4.69) is 41.3 Å². The van der Waals surface area contributed by atoms with Gasteiger partial charge in [0.1, 0.15) is 0 Å². The first kappa shape index (κ1) is 17.1. The van der Waals surface area contributed by atoms with Gasteiger partial charge in [-0.15, -0.1) is 0 Å². The van der Waals surface area contributed by atoms with Crippen LogP contribution < -0.4 is 5.32 Å². The SMILES string of the molecule is CN(CC(=O)NCc1cc(C(C)(C)C)n[nH]1)Cc1cccnc1. The maximum absolute atomic E-state index is 12.0. The fourth-order valence-corrected chi connectivity index (χ4v) is 2.19. The van der Waals surface area contributed by atoms with E-state index in [4.69, 9.17) is 0 Å². The second kappa shape index (κ2) is 7.37. The van der Waals surface area contributed by atoms with Crippen LogP contribution in [0.3, 0.4) is 0 Å². The Morgan fingerprint density at radius 1 is 1.39 bits per heavy atom. The third kappa shape index (κ3) is 5.49. The van der Waals surface area contributed by atoms with Crippen LogP contribution in [0.25, 0.3) is 0 Å². The van der Waals surface area contributed by atoms with E-state index >= 15 is 0 Å². The van der Waals surface area contributed by atoms with Crippen molar-refractivity contribution in [3.05, 3.63) is 47.5 Å². The lowest BCUT2D eigenvalue weighted by Gasteiger charge is -2.16. The Kier molecular flexibility index (Phi) is 5.50. The number of aromatic amines is 1. The predicted molar refractivity (Wildman–Crippen MR) is 89.7 cm³/mol. The van der Waals surface area contributed by atoms with E-state index in [0.717, 1.165) is 17.0 Å². The summed E-state index contributed by atoms with van der Waals surface area (Å²) in [4.78, 5) is 18.1. The highest BCUT2D eigenvalue weighted by Crippen LogP contribution is 2.20. The third-order valence-electron chi connectivity index (χ3n) is 3.46. The highest BCUT2D eigenvalue weighted by molar-refractivity contribution is 5.77. The summed E-state index contributed by atoms with van der Waals surface area (Å²) in [6, 6.07) is 5.90.